The van der Waals surface area contributed by atoms with Crippen molar-refractivity contribution in [2.75, 3.05) is 25.2 Å². The predicted octanol–water partition coefficient (Wildman–Crippen LogP) is 6.99. The Morgan fingerprint density at radius 2 is 1.89 bits per heavy atom. The van der Waals surface area contributed by atoms with E-state index in [1.807, 2.05) is 79.7 Å². The van der Waals surface area contributed by atoms with Crippen LogP contribution in [-0.2, 0) is 9.59 Å². The third-order valence-corrected chi connectivity index (χ3v) is 7.83. The molecule has 0 bridgehead atoms. The summed E-state index contributed by atoms with van der Waals surface area (Å²) in [7, 11) is 1.61. The van der Waals surface area contributed by atoms with Gasteiger partial charge >= 0.3 is 0 Å². The molecule has 1 unspecified atom stereocenters. The molecule has 2 amide bonds. The first kappa shape index (κ1) is 27.8. The normalized spacial score (nSPS) is 14.7. The van der Waals surface area contributed by atoms with Crippen LogP contribution in [0.3, 0.4) is 0 Å². The number of unbranched alkanes of at least 4 members (excludes halogenated alkanes) is 1. The van der Waals surface area contributed by atoms with Crippen LogP contribution < -0.4 is 19.7 Å². The molecule has 1 aliphatic heterocycles. The van der Waals surface area contributed by atoms with Crippen molar-refractivity contribution in [3.05, 3.63) is 87.2 Å². The lowest BCUT2D eigenvalue weighted by atomic mass is 10.1. The number of para-hydroxylation sites is 1. The van der Waals surface area contributed by atoms with Gasteiger partial charge < -0.3 is 14.8 Å². The van der Waals surface area contributed by atoms with Crippen molar-refractivity contribution in [2.24, 2.45) is 0 Å². The number of carbonyl (C=O) groups is 2. The Balaban J connectivity index is 1.48. The fourth-order valence-electron chi connectivity index (χ4n) is 4.04. The van der Waals surface area contributed by atoms with E-state index in [1.165, 1.54) is 11.8 Å². The van der Waals surface area contributed by atoms with Gasteiger partial charge in [-0.1, -0.05) is 55.4 Å². The van der Waals surface area contributed by atoms with Crippen LogP contribution in [0.5, 0.6) is 11.5 Å². The molecule has 38 heavy (non-hydrogen) atoms. The first-order valence-corrected chi connectivity index (χ1v) is 14.2. The molecule has 1 atom stereocenters. The molecule has 6 nitrogen and oxygen atoms in total. The van der Waals surface area contributed by atoms with Gasteiger partial charge in [-0.3, -0.25) is 14.5 Å². The SMILES string of the molecule is CCCCOc1ccc(C(C)NC(=O)CN2C(=O)C(=Cc3ccc(OC)c(Br)c3)Sc3ccccc32)cc1. The summed E-state index contributed by atoms with van der Waals surface area (Å²) in [6, 6.07) is 20.8. The number of amides is 2. The van der Waals surface area contributed by atoms with E-state index in [0.717, 1.165) is 44.8 Å². The smallest absolute Gasteiger partial charge is 0.265 e. The second-order valence-corrected chi connectivity index (χ2v) is 10.9. The van der Waals surface area contributed by atoms with Crippen LogP contribution in [0.25, 0.3) is 6.08 Å². The molecular weight excluding hydrogens is 564 g/mol. The number of nitrogens with zero attached hydrogens (tertiary/aromatic N) is 1. The third-order valence-electron chi connectivity index (χ3n) is 6.13. The van der Waals surface area contributed by atoms with Crippen LogP contribution in [0.1, 0.15) is 43.9 Å². The monoisotopic (exact) mass is 594 g/mol. The zero-order chi connectivity index (χ0) is 27.1. The molecule has 0 aromatic heterocycles. The number of nitrogens with one attached hydrogen (secondary N) is 1. The summed E-state index contributed by atoms with van der Waals surface area (Å²) >= 11 is 4.91. The van der Waals surface area contributed by atoms with Crippen LogP contribution in [0.2, 0.25) is 0 Å². The van der Waals surface area contributed by atoms with Crippen molar-refractivity contribution in [1.29, 1.82) is 0 Å². The Morgan fingerprint density at radius 3 is 2.61 bits per heavy atom. The van der Waals surface area contributed by atoms with Crippen LogP contribution in [0, 0.1) is 0 Å². The van der Waals surface area contributed by atoms with E-state index in [2.05, 4.69) is 28.2 Å². The van der Waals surface area contributed by atoms with E-state index >= 15 is 0 Å². The summed E-state index contributed by atoms with van der Waals surface area (Å²) in [6.45, 7) is 4.67. The molecule has 0 saturated heterocycles. The van der Waals surface area contributed by atoms with Crippen LogP contribution in [-0.4, -0.2) is 32.1 Å². The lowest BCUT2D eigenvalue weighted by Crippen LogP contribution is -2.43. The zero-order valence-electron chi connectivity index (χ0n) is 21.7. The molecule has 0 saturated carbocycles. The number of fused-ring (bicyclic) bond motifs is 1. The van der Waals surface area contributed by atoms with Gasteiger partial charge in [0.15, 0.2) is 0 Å². The molecule has 3 aromatic rings. The number of methoxy groups -OCH3 is 1. The molecule has 1 N–H and O–H groups in total. The molecule has 0 fully saturated rings. The minimum Gasteiger partial charge on any atom is -0.496 e. The van der Waals surface area contributed by atoms with Gasteiger partial charge in [0, 0.05) is 4.90 Å². The summed E-state index contributed by atoms with van der Waals surface area (Å²) in [4.78, 5) is 29.6. The molecule has 1 aliphatic rings. The van der Waals surface area contributed by atoms with Gasteiger partial charge in [-0.25, -0.2) is 0 Å². The van der Waals surface area contributed by atoms with Gasteiger partial charge in [-0.15, -0.1) is 0 Å². The first-order chi connectivity index (χ1) is 18.4. The predicted molar refractivity (Wildman–Crippen MR) is 157 cm³/mol. The average Bonchev–Trinajstić information content (AvgIpc) is 2.91. The minimum atomic E-state index is -0.234. The van der Waals surface area contributed by atoms with Gasteiger partial charge in [0.1, 0.15) is 18.0 Å². The Kier molecular flexibility index (Phi) is 9.53. The van der Waals surface area contributed by atoms with Crippen LogP contribution in [0.4, 0.5) is 5.69 Å². The van der Waals surface area contributed by atoms with Gasteiger partial charge in [0.2, 0.25) is 5.91 Å². The van der Waals surface area contributed by atoms with Crippen molar-refractivity contribution in [2.45, 2.75) is 37.6 Å². The summed E-state index contributed by atoms with van der Waals surface area (Å²) in [5.41, 5.74) is 2.55. The Labute approximate surface area is 236 Å². The molecule has 0 radical (unpaired) electrons. The number of hydrogen-bond acceptors (Lipinski definition) is 5. The second-order valence-electron chi connectivity index (χ2n) is 8.92. The number of halogens is 1. The van der Waals surface area contributed by atoms with E-state index in [-0.39, 0.29) is 24.4 Å². The van der Waals surface area contributed by atoms with Crippen LogP contribution >= 0.6 is 27.7 Å². The second kappa shape index (κ2) is 13.0. The lowest BCUT2D eigenvalue weighted by molar-refractivity contribution is -0.122. The Bertz CT molecular complexity index is 1330. The highest BCUT2D eigenvalue weighted by Crippen LogP contribution is 2.42. The lowest BCUT2D eigenvalue weighted by Gasteiger charge is -2.30. The fourth-order valence-corrected chi connectivity index (χ4v) is 5.66. The summed E-state index contributed by atoms with van der Waals surface area (Å²) in [6.07, 6.45) is 3.94. The highest BCUT2D eigenvalue weighted by Gasteiger charge is 2.30. The summed E-state index contributed by atoms with van der Waals surface area (Å²) in [5, 5.41) is 3.03. The van der Waals surface area contributed by atoms with Crippen molar-refractivity contribution in [3.63, 3.8) is 0 Å². The number of anilines is 1. The Morgan fingerprint density at radius 1 is 1.13 bits per heavy atom. The molecule has 3 aromatic carbocycles. The highest BCUT2D eigenvalue weighted by molar-refractivity contribution is 9.10. The standard InChI is InChI=1S/C30H31BrN2O4S/c1-4-5-16-37-23-13-11-22(12-14-23)20(2)32-29(34)19-33-25-8-6-7-9-27(25)38-28(30(33)35)18-21-10-15-26(36-3)24(31)17-21/h6-15,17-18,20H,4-5,16,19H2,1-3H3,(H,32,34). The molecule has 0 spiro atoms. The fraction of sp³-hybridized carbons (Fsp3) is 0.267. The molecule has 198 valence electrons. The van der Waals surface area contributed by atoms with Crippen molar-refractivity contribution in [1.82, 2.24) is 5.32 Å². The van der Waals surface area contributed by atoms with Crippen molar-refractivity contribution < 1.29 is 19.1 Å². The van der Waals surface area contributed by atoms with E-state index in [9.17, 15) is 9.59 Å². The Hall–Kier alpha value is -3.23. The van der Waals surface area contributed by atoms with E-state index < -0.39 is 0 Å². The van der Waals surface area contributed by atoms with Gasteiger partial charge in [-0.2, -0.15) is 0 Å². The number of rotatable bonds is 10. The quantitative estimate of drug-likeness (QED) is 0.202. The summed E-state index contributed by atoms with van der Waals surface area (Å²) < 4.78 is 11.8. The maximum absolute atomic E-state index is 13.5. The third kappa shape index (κ3) is 6.79. The van der Waals surface area contributed by atoms with E-state index in [1.54, 1.807) is 12.0 Å². The first-order valence-electron chi connectivity index (χ1n) is 12.6. The maximum atomic E-state index is 13.5. The number of carbonyl (C=O) groups excluding carboxylic acids is 2. The zero-order valence-corrected chi connectivity index (χ0v) is 24.1. The number of benzene rings is 3. The average molecular weight is 596 g/mol. The van der Waals surface area contributed by atoms with Gasteiger partial charge in [0.05, 0.1) is 34.8 Å². The number of thioether (sulfide) groups is 1. The van der Waals surface area contributed by atoms with Gasteiger partial charge in [-0.05, 0) is 82.9 Å². The molecular formula is C30H31BrN2O4S. The molecule has 1 heterocycles. The van der Waals surface area contributed by atoms with E-state index in [0.29, 0.717) is 17.3 Å². The maximum Gasteiger partial charge on any atom is 0.265 e. The summed E-state index contributed by atoms with van der Waals surface area (Å²) in [5.74, 6) is 1.09. The molecule has 8 heteroatoms. The minimum absolute atomic E-state index is 0.0807. The molecule has 0 aliphatic carbocycles. The highest BCUT2D eigenvalue weighted by atomic mass is 79.9. The van der Waals surface area contributed by atoms with Crippen molar-refractivity contribution >= 4 is 51.3 Å². The van der Waals surface area contributed by atoms with E-state index in [4.69, 9.17) is 9.47 Å². The van der Waals surface area contributed by atoms with Crippen molar-refractivity contribution in [3.8, 4) is 11.5 Å². The number of ether oxygens (including phenoxy) is 2. The topological polar surface area (TPSA) is 67.9 Å². The van der Waals surface area contributed by atoms with Gasteiger partial charge in [0.25, 0.3) is 5.91 Å². The van der Waals surface area contributed by atoms with Crippen LogP contribution in [0.15, 0.2) is 81.0 Å². The molecule has 4 rings (SSSR count). The number of hydrogen-bond donors (Lipinski definition) is 1. The largest absolute Gasteiger partial charge is 0.496 e.